The van der Waals surface area contributed by atoms with Gasteiger partial charge in [0.1, 0.15) is 12.1 Å². The van der Waals surface area contributed by atoms with Crippen LogP contribution in [0.1, 0.15) is 12.8 Å². The molecule has 6 N–H and O–H groups in total. The minimum Gasteiger partial charge on any atom is -0.481 e. The van der Waals surface area contributed by atoms with E-state index in [-0.39, 0.29) is 0 Å². The first kappa shape index (κ1) is 16.8. The average Bonchev–Trinajstić information content (AvgIpc) is 2.26. The molecule has 0 aliphatic carbocycles. The van der Waals surface area contributed by atoms with Gasteiger partial charge in [-0.15, -0.1) is 0 Å². The second kappa shape index (κ2) is 7.28. The Morgan fingerprint density at radius 1 is 0.895 bits per heavy atom. The second-order valence-electron chi connectivity index (χ2n) is 3.59. The zero-order valence-corrected chi connectivity index (χ0v) is 9.52. The van der Waals surface area contributed by atoms with Crippen LogP contribution in [-0.4, -0.2) is 67.6 Å². The number of hydrogen-bond donors (Lipinski definition) is 6. The summed E-state index contributed by atoms with van der Waals surface area (Å²) in [4.78, 5) is 42.3. The van der Waals surface area contributed by atoms with Crippen LogP contribution in [0.25, 0.3) is 0 Å². The summed E-state index contributed by atoms with van der Waals surface area (Å²) >= 11 is 0. The highest BCUT2D eigenvalue weighted by molar-refractivity contribution is 5.85. The lowest BCUT2D eigenvalue weighted by molar-refractivity contribution is -0.157. The fourth-order valence-corrected chi connectivity index (χ4v) is 1.20. The molecular weight excluding hydrogens is 266 g/mol. The Bertz CT molecular complexity index is 380. The van der Waals surface area contributed by atoms with Crippen LogP contribution in [0.4, 0.5) is 0 Å². The minimum absolute atomic E-state index is 0.458. The first-order chi connectivity index (χ1) is 8.66. The van der Waals surface area contributed by atoms with E-state index in [4.69, 9.17) is 25.5 Å². The maximum atomic E-state index is 10.8. The molecule has 0 rings (SSSR count). The quantitative estimate of drug-likeness (QED) is 0.270. The van der Waals surface area contributed by atoms with Crippen molar-refractivity contribution in [3.8, 4) is 0 Å². The van der Waals surface area contributed by atoms with Crippen molar-refractivity contribution >= 4 is 23.9 Å². The molecule has 0 saturated heterocycles. The van der Waals surface area contributed by atoms with Crippen molar-refractivity contribution < 1.29 is 44.7 Å². The number of nitrogens with one attached hydrogen (secondary N) is 1. The summed E-state index contributed by atoms with van der Waals surface area (Å²) in [5, 5.41) is 45.4. The molecule has 0 aromatic rings. The van der Waals surface area contributed by atoms with Gasteiger partial charge in [0, 0.05) is 6.42 Å². The summed E-state index contributed by atoms with van der Waals surface area (Å²) in [6.45, 7) is 0. The van der Waals surface area contributed by atoms with Crippen LogP contribution in [0.15, 0.2) is 0 Å². The summed E-state index contributed by atoms with van der Waals surface area (Å²) in [5.41, 5.74) is 0. The van der Waals surface area contributed by atoms with E-state index in [0.29, 0.717) is 0 Å². The highest BCUT2D eigenvalue weighted by Gasteiger charge is 2.35. The molecule has 3 atom stereocenters. The predicted molar refractivity (Wildman–Crippen MR) is 56.5 cm³/mol. The van der Waals surface area contributed by atoms with Crippen LogP contribution in [0.3, 0.4) is 0 Å². The normalized spacial score (nSPS) is 15.2. The third-order valence-corrected chi connectivity index (χ3v) is 2.16. The zero-order valence-electron chi connectivity index (χ0n) is 9.52. The largest absolute Gasteiger partial charge is 0.481 e. The Kier molecular flexibility index (Phi) is 6.44. The zero-order chi connectivity index (χ0) is 15.2. The molecule has 0 fully saturated rings. The molecule has 0 aromatic carbocycles. The minimum atomic E-state index is -2.36. The van der Waals surface area contributed by atoms with E-state index in [2.05, 4.69) is 0 Å². The monoisotopic (exact) mass is 279 g/mol. The van der Waals surface area contributed by atoms with Gasteiger partial charge in [0.15, 0.2) is 6.10 Å². The van der Waals surface area contributed by atoms with Gasteiger partial charge in [-0.1, -0.05) is 0 Å². The van der Waals surface area contributed by atoms with Crippen LogP contribution in [-0.2, 0) is 19.2 Å². The first-order valence-electron chi connectivity index (χ1n) is 5.01. The molecule has 108 valence electrons. The summed E-state index contributed by atoms with van der Waals surface area (Å²) in [7, 11) is 0. The molecule has 0 amide bonds. The van der Waals surface area contributed by atoms with Gasteiger partial charge in [-0.2, -0.15) is 0 Å². The van der Waals surface area contributed by atoms with E-state index in [9.17, 15) is 19.2 Å². The lowest BCUT2D eigenvalue weighted by Crippen LogP contribution is -2.55. The Labute approximate surface area is 106 Å². The molecule has 0 spiro atoms. The molecule has 0 heterocycles. The van der Waals surface area contributed by atoms with Crippen molar-refractivity contribution in [3.63, 3.8) is 0 Å². The highest BCUT2D eigenvalue weighted by atomic mass is 16.4. The molecule has 0 aromatic heterocycles. The lowest BCUT2D eigenvalue weighted by atomic mass is 10.1. The lowest BCUT2D eigenvalue weighted by Gasteiger charge is -2.21. The summed E-state index contributed by atoms with van der Waals surface area (Å²) < 4.78 is 0. The second-order valence-corrected chi connectivity index (χ2v) is 3.59. The first-order valence-corrected chi connectivity index (χ1v) is 5.01. The van der Waals surface area contributed by atoms with Gasteiger partial charge in [0.2, 0.25) is 0 Å². The van der Waals surface area contributed by atoms with E-state index in [0.717, 1.165) is 0 Å². The van der Waals surface area contributed by atoms with Crippen molar-refractivity contribution in [2.24, 2.45) is 0 Å². The third-order valence-electron chi connectivity index (χ3n) is 2.16. The molecule has 0 aliphatic rings. The van der Waals surface area contributed by atoms with Crippen molar-refractivity contribution in [1.82, 2.24) is 5.32 Å². The number of aliphatic hydroxyl groups excluding tert-OH is 1. The predicted octanol–water partition coefficient (Wildman–Crippen LogP) is -2.21. The third kappa shape index (κ3) is 5.79. The van der Waals surface area contributed by atoms with Gasteiger partial charge in [-0.25, -0.2) is 4.79 Å². The standard InChI is InChI=1S/C9H13NO9/c11-4(12)2-1-3(7(14)15)10-5(8(16)17)6(13)9(18)19/h3,5-6,10,13H,1-2H2,(H,11,12)(H,14,15)(H,16,17)(H,18,19). The van der Waals surface area contributed by atoms with Crippen LogP contribution >= 0.6 is 0 Å². The average molecular weight is 279 g/mol. The van der Waals surface area contributed by atoms with Crippen LogP contribution in [0.5, 0.6) is 0 Å². The van der Waals surface area contributed by atoms with Crippen LogP contribution in [0.2, 0.25) is 0 Å². The number of carboxylic acids is 4. The Balaban J connectivity index is 4.85. The highest BCUT2D eigenvalue weighted by Crippen LogP contribution is 2.03. The van der Waals surface area contributed by atoms with E-state index < -0.39 is 54.9 Å². The topological polar surface area (TPSA) is 181 Å². The fraction of sp³-hybridized carbons (Fsp3) is 0.556. The van der Waals surface area contributed by atoms with Crippen LogP contribution in [0, 0.1) is 0 Å². The van der Waals surface area contributed by atoms with Gasteiger partial charge in [0.05, 0.1) is 0 Å². The SMILES string of the molecule is O=C(O)CCC(NC(C(=O)O)C(O)C(=O)O)C(=O)O. The molecule has 10 heteroatoms. The molecule has 0 saturated carbocycles. The van der Waals surface area contributed by atoms with Crippen LogP contribution < -0.4 is 5.32 Å². The van der Waals surface area contributed by atoms with Crippen molar-refractivity contribution in [2.75, 3.05) is 0 Å². The maximum absolute atomic E-state index is 10.8. The molecule has 19 heavy (non-hydrogen) atoms. The maximum Gasteiger partial charge on any atom is 0.334 e. The molecule has 3 unspecified atom stereocenters. The number of carboxylic acid groups (broad SMARTS) is 4. The summed E-state index contributed by atoms with van der Waals surface area (Å²) in [5.74, 6) is -6.46. The van der Waals surface area contributed by atoms with Gasteiger partial charge in [-0.3, -0.25) is 19.7 Å². The van der Waals surface area contributed by atoms with Gasteiger partial charge in [-0.05, 0) is 6.42 Å². The Morgan fingerprint density at radius 2 is 1.42 bits per heavy atom. The van der Waals surface area contributed by atoms with Gasteiger partial charge >= 0.3 is 23.9 Å². The van der Waals surface area contributed by atoms with Crippen molar-refractivity contribution in [1.29, 1.82) is 0 Å². The number of carbonyl (C=O) groups is 4. The van der Waals surface area contributed by atoms with E-state index >= 15 is 0 Å². The van der Waals surface area contributed by atoms with E-state index in [1.807, 2.05) is 5.32 Å². The molecular formula is C9H13NO9. The number of aliphatic carboxylic acids is 4. The van der Waals surface area contributed by atoms with Gasteiger partial charge < -0.3 is 25.5 Å². The fourth-order valence-electron chi connectivity index (χ4n) is 1.20. The molecule has 0 aliphatic heterocycles. The smallest absolute Gasteiger partial charge is 0.334 e. The number of rotatable bonds is 9. The van der Waals surface area contributed by atoms with Gasteiger partial charge in [0.25, 0.3) is 0 Å². The summed E-state index contributed by atoms with van der Waals surface area (Å²) in [6, 6.07) is -3.67. The molecule has 0 radical (unpaired) electrons. The van der Waals surface area contributed by atoms with E-state index in [1.54, 1.807) is 0 Å². The van der Waals surface area contributed by atoms with E-state index in [1.165, 1.54) is 0 Å². The number of hydrogen-bond acceptors (Lipinski definition) is 6. The molecule has 0 bridgehead atoms. The molecule has 10 nitrogen and oxygen atoms in total. The number of aliphatic hydroxyl groups is 1. The van der Waals surface area contributed by atoms with Crippen molar-refractivity contribution in [2.45, 2.75) is 31.0 Å². The Hall–Kier alpha value is -2.20. The summed E-state index contributed by atoms with van der Waals surface area (Å²) in [6.07, 6.45) is -3.37. The van der Waals surface area contributed by atoms with Crippen molar-refractivity contribution in [3.05, 3.63) is 0 Å². The Morgan fingerprint density at radius 3 is 1.74 bits per heavy atom.